The minimum Gasteiger partial charge on any atom is -0.480 e. The molecular weight excluding hydrogens is 260 g/mol. The topological polar surface area (TPSA) is 62.2 Å². The van der Waals surface area contributed by atoms with Gasteiger partial charge in [0.15, 0.2) is 0 Å². The Bertz CT molecular complexity index is 370. The lowest BCUT2D eigenvalue weighted by Crippen LogP contribution is -2.42. The normalized spacial score (nSPS) is 12.7. The first-order valence-electron chi connectivity index (χ1n) is 5.22. The molecule has 0 aliphatic rings. The molecule has 4 nitrogen and oxygen atoms in total. The molecule has 0 aromatic carbocycles. The predicted molar refractivity (Wildman–Crippen MR) is 69.7 cm³/mol. The zero-order valence-corrected chi connectivity index (χ0v) is 11.3. The van der Waals surface area contributed by atoms with Crippen LogP contribution in [0.3, 0.4) is 0 Å². The van der Waals surface area contributed by atoms with Gasteiger partial charge in [-0.2, -0.15) is 0 Å². The largest absolute Gasteiger partial charge is 0.480 e. The van der Waals surface area contributed by atoms with E-state index >= 15 is 0 Å². The van der Waals surface area contributed by atoms with Crippen molar-refractivity contribution in [1.29, 1.82) is 0 Å². The monoisotopic (exact) mass is 274 g/mol. The van der Waals surface area contributed by atoms with E-state index in [1.807, 2.05) is 13.8 Å². The third-order valence-electron chi connectivity index (χ3n) is 1.93. The van der Waals surface area contributed by atoms with Gasteiger partial charge in [0.1, 0.15) is 6.04 Å². The first kappa shape index (κ1) is 14.3. The van der Waals surface area contributed by atoms with Gasteiger partial charge in [-0.1, -0.05) is 25.4 Å². The summed E-state index contributed by atoms with van der Waals surface area (Å²) in [7, 11) is 0. The highest BCUT2D eigenvalue weighted by molar-refractivity contribution is 7.99. The number of hydrogen-bond donors (Lipinski definition) is 2. The fraction of sp³-hybridized carbons (Fsp3) is 0.455. The summed E-state index contributed by atoms with van der Waals surface area (Å²) in [6.45, 7) is 3.84. The van der Waals surface area contributed by atoms with E-state index in [-0.39, 0.29) is 6.04 Å². The number of rotatable bonds is 6. The summed E-state index contributed by atoms with van der Waals surface area (Å²) in [6.07, 6.45) is 1.55. The molecule has 2 N–H and O–H groups in total. The maximum absolute atomic E-state index is 11.0. The molecule has 0 fully saturated rings. The van der Waals surface area contributed by atoms with Crippen molar-refractivity contribution in [1.82, 2.24) is 10.3 Å². The molecule has 1 aromatic rings. The summed E-state index contributed by atoms with van der Waals surface area (Å²) in [6, 6.07) is 3.08. The molecule has 1 heterocycles. The Morgan fingerprint density at radius 3 is 2.76 bits per heavy atom. The molecule has 0 spiro atoms. The summed E-state index contributed by atoms with van der Waals surface area (Å²) in [5.74, 6) is -0.414. The number of carbonyl (C=O) groups is 1. The molecule has 0 radical (unpaired) electrons. The van der Waals surface area contributed by atoms with Crippen LogP contribution in [-0.4, -0.2) is 33.9 Å². The van der Waals surface area contributed by atoms with E-state index < -0.39 is 12.0 Å². The molecule has 0 amide bonds. The Balaban J connectivity index is 2.51. The molecule has 1 rings (SSSR count). The summed E-state index contributed by atoms with van der Waals surface area (Å²) < 4.78 is 0. The fourth-order valence-corrected chi connectivity index (χ4v) is 2.19. The van der Waals surface area contributed by atoms with E-state index in [0.29, 0.717) is 10.8 Å². The average molecular weight is 275 g/mol. The second-order valence-electron chi connectivity index (χ2n) is 3.84. The van der Waals surface area contributed by atoms with E-state index in [9.17, 15) is 4.79 Å². The number of aromatic nitrogens is 1. The van der Waals surface area contributed by atoms with E-state index in [1.165, 1.54) is 11.8 Å². The summed E-state index contributed by atoms with van der Waals surface area (Å²) >= 11 is 7.11. The molecule has 6 heteroatoms. The Morgan fingerprint density at radius 2 is 2.29 bits per heavy atom. The predicted octanol–water partition coefficient (Wildman–Crippen LogP) is 2.28. The van der Waals surface area contributed by atoms with Crippen molar-refractivity contribution in [3.05, 3.63) is 23.4 Å². The van der Waals surface area contributed by atoms with Crippen LogP contribution >= 0.6 is 23.4 Å². The molecule has 1 aromatic heterocycles. The first-order valence-corrected chi connectivity index (χ1v) is 6.58. The van der Waals surface area contributed by atoms with Gasteiger partial charge in [0.2, 0.25) is 0 Å². The standard InChI is InChI=1S/C11H15ClN2O2S/c1-7(2)14-9(11(15)16)6-17-10-4-3-8(12)5-13-10/h3-5,7,9,14H,6H2,1-2H3,(H,15,16). The van der Waals surface area contributed by atoms with Gasteiger partial charge in [0.25, 0.3) is 0 Å². The summed E-state index contributed by atoms with van der Waals surface area (Å²) in [5, 5.41) is 13.4. The van der Waals surface area contributed by atoms with Crippen LogP contribution < -0.4 is 5.32 Å². The van der Waals surface area contributed by atoms with Crippen LogP contribution in [0, 0.1) is 0 Å². The Kier molecular flexibility index (Phi) is 5.74. The Hall–Kier alpha value is -0.780. The van der Waals surface area contributed by atoms with Crippen LogP contribution in [0.15, 0.2) is 23.4 Å². The van der Waals surface area contributed by atoms with Gasteiger partial charge >= 0.3 is 5.97 Å². The average Bonchev–Trinajstić information content (AvgIpc) is 2.25. The van der Waals surface area contributed by atoms with Crippen molar-refractivity contribution in [3.63, 3.8) is 0 Å². The maximum atomic E-state index is 11.0. The Labute approximate surface area is 110 Å². The number of nitrogens with zero attached hydrogens (tertiary/aromatic N) is 1. The van der Waals surface area contributed by atoms with Crippen LogP contribution in [0.2, 0.25) is 5.02 Å². The highest BCUT2D eigenvalue weighted by Gasteiger charge is 2.18. The van der Waals surface area contributed by atoms with Gasteiger partial charge in [-0.05, 0) is 12.1 Å². The van der Waals surface area contributed by atoms with Crippen LogP contribution in [0.4, 0.5) is 0 Å². The molecule has 0 aliphatic carbocycles. The molecule has 17 heavy (non-hydrogen) atoms. The van der Waals surface area contributed by atoms with Gasteiger partial charge < -0.3 is 10.4 Å². The van der Waals surface area contributed by atoms with E-state index in [4.69, 9.17) is 16.7 Å². The van der Waals surface area contributed by atoms with Crippen molar-refractivity contribution in [2.75, 3.05) is 5.75 Å². The molecular formula is C11H15ClN2O2S. The minimum atomic E-state index is -0.847. The van der Waals surface area contributed by atoms with Gasteiger partial charge in [-0.15, -0.1) is 11.8 Å². The summed E-state index contributed by atoms with van der Waals surface area (Å²) in [5.41, 5.74) is 0. The van der Waals surface area contributed by atoms with E-state index in [0.717, 1.165) is 5.03 Å². The molecule has 1 unspecified atom stereocenters. The second kappa shape index (κ2) is 6.83. The van der Waals surface area contributed by atoms with Gasteiger partial charge in [-0.3, -0.25) is 4.79 Å². The maximum Gasteiger partial charge on any atom is 0.321 e. The van der Waals surface area contributed by atoms with Crippen molar-refractivity contribution < 1.29 is 9.90 Å². The summed E-state index contributed by atoms with van der Waals surface area (Å²) in [4.78, 5) is 15.1. The number of carboxylic acids is 1. The number of hydrogen-bond acceptors (Lipinski definition) is 4. The highest BCUT2D eigenvalue weighted by Crippen LogP contribution is 2.18. The number of carboxylic acid groups (broad SMARTS) is 1. The number of halogens is 1. The van der Waals surface area contributed by atoms with E-state index in [2.05, 4.69) is 10.3 Å². The Morgan fingerprint density at radius 1 is 1.59 bits per heavy atom. The van der Waals surface area contributed by atoms with Crippen molar-refractivity contribution in [2.45, 2.75) is 31.0 Å². The zero-order chi connectivity index (χ0) is 12.8. The molecule has 94 valence electrons. The lowest BCUT2D eigenvalue weighted by molar-refractivity contribution is -0.139. The van der Waals surface area contributed by atoms with Crippen molar-refractivity contribution in [2.24, 2.45) is 0 Å². The van der Waals surface area contributed by atoms with Gasteiger partial charge in [0.05, 0.1) is 10.0 Å². The molecule has 0 aliphatic heterocycles. The SMILES string of the molecule is CC(C)NC(CSc1ccc(Cl)cn1)C(=O)O. The number of aliphatic carboxylic acids is 1. The molecule has 0 bridgehead atoms. The van der Waals surface area contributed by atoms with Gasteiger partial charge in [0, 0.05) is 18.0 Å². The third kappa shape index (κ3) is 5.39. The lowest BCUT2D eigenvalue weighted by Gasteiger charge is -2.16. The number of thioether (sulfide) groups is 1. The van der Waals surface area contributed by atoms with Crippen molar-refractivity contribution >= 4 is 29.3 Å². The highest BCUT2D eigenvalue weighted by atomic mass is 35.5. The van der Waals surface area contributed by atoms with Crippen LogP contribution in [0.5, 0.6) is 0 Å². The fourth-order valence-electron chi connectivity index (χ4n) is 1.21. The van der Waals surface area contributed by atoms with E-state index in [1.54, 1.807) is 18.3 Å². The first-order chi connectivity index (χ1) is 7.99. The van der Waals surface area contributed by atoms with Crippen molar-refractivity contribution in [3.8, 4) is 0 Å². The van der Waals surface area contributed by atoms with Crippen LogP contribution in [-0.2, 0) is 4.79 Å². The molecule has 1 atom stereocenters. The quantitative estimate of drug-likeness (QED) is 0.780. The second-order valence-corrected chi connectivity index (χ2v) is 5.31. The lowest BCUT2D eigenvalue weighted by atomic mass is 10.3. The zero-order valence-electron chi connectivity index (χ0n) is 9.68. The van der Waals surface area contributed by atoms with Crippen LogP contribution in [0.1, 0.15) is 13.8 Å². The minimum absolute atomic E-state index is 0.134. The molecule has 0 saturated heterocycles. The van der Waals surface area contributed by atoms with Crippen LogP contribution in [0.25, 0.3) is 0 Å². The molecule has 0 saturated carbocycles. The number of pyridine rings is 1. The third-order valence-corrected chi connectivity index (χ3v) is 3.19. The number of nitrogens with one attached hydrogen (secondary N) is 1. The smallest absolute Gasteiger partial charge is 0.321 e. The van der Waals surface area contributed by atoms with Gasteiger partial charge in [-0.25, -0.2) is 4.98 Å².